The van der Waals surface area contributed by atoms with Gasteiger partial charge in [0, 0.05) is 19.7 Å². The van der Waals surface area contributed by atoms with E-state index in [0.717, 1.165) is 25.9 Å². The van der Waals surface area contributed by atoms with Crippen LogP contribution in [0, 0.1) is 0 Å². The number of amides is 1. The number of rotatable bonds is 7. The average molecular weight is 283 g/mol. The van der Waals surface area contributed by atoms with Crippen molar-refractivity contribution in [2.75, 3.05) is 33.4 Å². The Morgan fingerprint density at radius 1 is 1.55 bits per heavy atom. The second-order valence-corrected chi connectivity index (χ2v) is 4.69. The molecule has 1 aliphatic heterocycles. The lowest BCUT2D eigenvalue weighted by Gasteiger charge is -2.22. The molecule has 1 aromatic rings. The number of hydrogen-bond acceptors (Lipinski definition) is 6. The second-order valence-electron chi connectivity index (χ2n) is 4.69. The molecule has 0 aliphatic carbocycles. The molecule has 0 atom stereocenters. The Kier molecular flexibility index (Phi) is 5.97. The lowest BCUT2D eigenvalue weighted by Crippen LogP contribution is -2.34. The molecule has 1 fully saturated rings. The highest BCUT2D eigenvalue weighted by molar-refractivity contribution is 5.92. The lowest BCUT2D eigenvalue weighted by molar-refractivity contribution is 0.0343. The van der Waals surface area contributed by atoms with Gasteiger partial charge >= 0.3 is 0 Å². The number of hydrogen-bond donors (Lipinski definition) is 2. The van der Waals surface area contributed by atoms with Crippen LogP contribution in [0.25, 0.3) is 0 Å². The normalized spacial score (nSPS) is 16.2. The van der Waals surface area contributed by atoms with Crippen molar-refractivity contribution < 1.29 is 18.8 Å². The maximum atomic E-state index is 11.8. The highest BCUT2D eigenvalue weighted by atomic mass is 16.5. The molecule has 1 saturated heterocycles. The topological polar surface area (TPSA) is 85.6 Å². The van der Waals surface area contributed by atoms with Crippen LogP contribution in [0.4, 0.5) is 0 Å². The van der Waals surface area contributed by atoms with Crippen LogP contribution in [-0.2, 0) is 16.1 Å². The summed E-state index contributed by atoms with van der Waals surface area (Å²) in [7, 11) is 1.56. The van der Waals surface area contributed by atoms with Crippen molar-refractivity contribution in [2.45, 2.75) is 25.6 Å². The SMILES string of the molecule is COCc1cc(C(=O)NCCOC2CCNCC2)no1. The summed E-state index contributed by atoms with van der Waals surface area (Å²) in [4.78, 5) is 11.8. The van der Waals surface area contributed by atoms with Gasteiger partial charge in [-0.3, -0.25) is 4.79 Å². The first-order valence-corrected chi connectivity index (χ1v) is 6.84. The van der Waals surface area contributed by atoms with Gasteiger partial charge in [-0.05, 0) is 25.9 Å². The van der Waals surface area contributed by atoms with Gasteiger partial charge < -0.3 is 24.6 Å². The molecule has 0 unspecified atom stereocenters. The van der Waals surface area contributed by atoms with Crippen LogP contribution in [0.1, 0.15) is 29.1 Å². The zero-order valence-electron chi connectivity index (χ0n) is 11.7. The van der Waals surface area contributed by atoms with Crippen LogP contribution in [-0.4, -0.2) is 50.5 Å². The lowest BCUT2D eigenvalue weighted by atomic mass is 10.1. The number of aromatic nitrogens is 1. The number of nitrogens with zero attached hydrogens (tertiary/aromatic N) is 1. The average Bonchev–Trinajstić information content (AvgIpc) is 2.94. The highest BCUT2D eigenvalue weighted by Gasteiger charge is 2.14. The molecule has 7 heteroatoms. The fraction of sp³-hybridized carbons (Fsp3) is 0.692. The molecule has 7 nitrogen and oxygen atoms in total. The van der Waals surface area contributed by atoms with E-state index in [1.54, 1.807) is 13.2 Å². The van der Waals surface area contributed by atoms with Gasteiger partial charge in [-0.25, -0.2) is 0 Å². The zero-order valence-corrected chi connectivity index (χ0v) is 11.7. The monoisotopic (exact) mass is 283 g/mol. The number of carbonyl (C=O) groups is 1. The predicted molar refractivity (Wildman–Crippen MR) is 71.4 cm³/mol. The Balaban J connectivity index is 1.63. The number of methoxy groups -OCH3 is 1. The van der Waals surface area contributed by atoms with E-state index in [2.05, 4.69) is 15.8 Å². The zero-order chi connectivity index (χ0) is 14.2. The summed E-state index contributed by atoms with van der Waals surface area (Å²) >= 11 is 0. The summed E-state index contributed by atoms with van der Waals surface area (Å²) < 4.78 is 15.5. The molecule has 2 rings (SSSR count). The highest BCUT2D eigenvalue weighted by Crippen LogP contribution is 2.07. The van der Waals surface area contributed by atoms with Crippen molar-refractivity contribution in [1.29, 1.82) is 0 Å². The third-order valence-corrected chi connectivity index (χ3v) is 3.11. The van der Waals surface area contributed by atoms with Crippen LogP contribution in [0.2, 0.25) is 0 Å². The summed E-state index contributed by atoms with van der Waals surface area (Å²) in [5.74, 6) is 0.272. The molecule has 1 amide bonds. The van der Waals surface area contributed by atoms with E-state index in [9.17, 15) is 4.79 Å². The second kappa shape index (κ2) is 7.98. The fourth-order valence-corrected chi connectivity index (χ4v) is 2.07. The molecule has 0 bridgehead atoms. The van der Waals surface area contributed by atoms with Crippen molar-refractivity contribution in [1.82, 2.24) is 15.8 Å². The summed E-state index contributed by atoms with van der Waals surface area (Å²) in [5.41, 5.74) is 0.263. The van der Waals surface area contributed by atoms with Gasteiger partial charge in [0.05, 0.1) is 12.7 Å². The first kappa shape index (κ1) is 15.0. The van der Waals surface area contributed by atoms with Gasteiger partial charge in [0.2, 0.25) is 0 Å². The third-order valence-electron chi connectivity index (χ3n) is 3.11. The Labute approximate surface area is 118 Å². The van der Waals surface area contributed by atoms with Gasteiger partial charge in [-0.2, -0.15) is 0 Å². The Hall–Kier alpha value is -1.44. The maximum absolute atomic E-state index is 11.8. The maximum Gasteiger partial charge on any atom is 0.273 e. The Bertz CT molecular complexity index is 416. The third kappa shape index (κ3) is 4.59. The van der Waals surface area contributed by atoms with Gasteiger partial charge in [-0.1, -0.05) is 5.16 Å². The van der Waals surface area contributed by atoms with E-state index < -0.39 is 0 Å². The Morgan fingerprint density at radius 3 is 3.10 bits per heavy atom. The van der Waals surface area contributed by atoms with Gasteiger partial charge in [0.25, 0.3) is 5.91 Å². The molecule has 0 saturated carbocycles. The van der Waals surface area contributed by atoms with Crippen molar-refractivity contribution in [3.05, 3.63) is 17.5 Å². The van der Waals surface area contributed by atoms with Crippen LogP contribution < -0.4 is 10.6 Å². The van der Waals surface area contributed by atoms with Crippen molar-refractivity contribution in [3.8, 4) is 0 Å². The molecule has 2 N–H and O–H groups in total. The minimum Gasteiger partial charge on any atom is -0.377 e. The number of nitrogens with one attached hydrogen (secondary N) is 2. The molecular formula is C13H21N3O4. The first-order chi connectivity index (χ1) is 9.79. The van der Waals surface area contributed by atoms with E-state index in [1.165, 1.54) is 0 Å². The quantitative estimate of drug-likeness (QED) is 0.701. The Morgan fingerprint density at radius 2 is 2.35 bits per heavy atom. The molecule has 2 heterocycles. The summed E-state index contributed by atoms with van der Waals surface area (Å²) in [6.07, 6.45) is 2.35. The van der Waals surface area contributed by atoms with E-state index in [-0.39, 0.29) is 11.6 Å². The van der Waals surface area contributed by atoms with E-state index in [0.29, 0.717) is 31.6 Å². The molecular weight excluding hydrogens is 262 g/mol. The smallest absolute Gasteiger partial charge is 0.273 e. The van der Waals surface area contributed by atoms with Crippen molar-refractivity contribution in [3.63, 3.8) is 0 Å². The predicted octanol–water partition coefficient (Wildman–Crippen LogP) is 0.319. The van der Waals surface area contributed by atoms with E-state index in [4.69, 9.17) is 14.0 Å². The van der Waals surface area contributed by atoms with Gasteiger partial charge in [0.15, 0.2) is 11.5 Å². The minimum atomic E-state index is -0.259. The molecule has 20 heavy (non-hydrogen) atoms. The molecule has 0 spiro atoms. The fourth-order valence-electron chi connectivity index (χ4n) is 2.07. The molecule has 1 aliphatic rings. The summed E-state index contributed by atoms with van der Waals surface area (Å²) in [6.45, 7) is 3.28. The van der Waals surface area contributed by atoms with E-state index in [1.807, 2.05) is 0 Å². The molecule has 0 aromatic carbocycles. The van der Waals surface area contributed by atoms with Gasteiger partial charge in [-0.15, -0.1) is 0 Å². The minimum absolute atomic E-state index is 0.259. The molecule has 112 valence electrons. The van der Waals surface area contributed by atoms with Crippen LogP contribution in [0.5, 0.6) is 0 Å². The summed E-state index contributed by atoms with van der Waals surface area (Å²) in [6, 6.07) is 1.58. The van der Waals surface area contributed by atoms with E-state index >= 15 is 0 Å². The largest absolute Gasteiger partial charge is 0.377 e. The van der Waals surface area contributed by atoms with Gasteiger partial charge in [0.1, 0.15) is 6.61 Å². The number of carbonyl (C=O) groups excluding carboxylic acids is 1. The molecule has 0 radical (unpaired) electrons. The van der Waals surface area contributed by atoms with Crippen molar-refractivity contribution in [2.24, 2.45) is 0 Å². The number of ether oxygens (including phenoxy) is 2. The standard InChI is InChI=1S/C13H21N3O4/c1-18-9-11-8-12(16-20-11)13(17)15-6-7-19-10-2-4-14-5-3-10/h8,10,14H,2-7,9H2,1H3,(H,15,17). The van der Waals surface area contributed by atoms with Crippen molar-refractivity contribution >= 4 is 5.91 Å². The molecule has 1 aromatic heterocycles. The number of piperidine rings is 1. The summed E-state index contributed by atoms with van der Waals surface area (Å²) in [5, 5.41) is 9.72. The van der Waals surface area contributed by atoms with Crippen LogP contribution in [0.3, 0.4) is 0 Å². The van der Waals surface area contributed by atoms with Crippen LogP contribution >= 0.6 is 0 Å². The van der Waals surface area contributed by atoms with Crippen LogP contribution in [0.15, 0.2) is 10.6 Å². The first-order valence-electron chi connectivity index (χ1n) is 6.84.